The van der Waals surface area contributed by atoms with E-state index in [2.05, 4.69) is 11.4 Å². The fourth-order valence-electron chi connectivity index (χ4n) is 2.73. The van der Waals surface area contributed by atoms with E-state index in [9.17, 15) is 0 Å². The van der Waals surface area contributed by atoms with Crippen LogP contribution in [0.4, 0.5) is 5.69 Å². The number of fused-ring (bicyclic) bond motifs is 1. The predicted molar refractivity (Wildman–Crippen MR) is 80.5 cm³/mol. The van der Waals surface area contributed by atoms with Crippen LogP contribution in [0.25, 0.3) is 0 Å². The average molecular weight is 279 g/mol. The van der Waals surface area contributed by atoms with E-state index in [1.165, 1.54) is 0 Å². The Labute approximate surface area is 121 Å². The number of rotatable bonds is 4. The van der Waals surface area contributed by atoms with E-state index in [4.69, 9.17) is 14.2 Å². The van der Waals surface area contributed by atoms with Crippen LogP contribution in [-0.2, 0) is 9.47 Å². The van der Waals surface area contributed by atoms with Gasteiger partial charge in [0.1, 0.15) is 23.6 Å². The zero-order valence-electron chi connectivity index (χ0n) is 13.2. The number of hydrogen-bond donors (Lipinski definition) is 1. The summed E-state index contributed by atoms with van der Waals surface area (Å²) in [7, 11) is 3.61. The molecule has 0 radical (unpaired) electrons. The van der Waals surface area contributed by atoms with Crippen molar-refractivity contribution < 1.29 is 14.2 Å². The summed E-state index contributed by atoms with van der Waals surface area (Å²) in [5.41, 5.74) is 1.65. The predicted octanol–water partition coefficient (Wildman–Crippen LogP) is 3.38. The maximum absolute atomic E-state index is 6.12. The molecule has 2 atom stereocenters. The van der Waals surface area contributed by atoms with Crippen LogP contribution in [-0.4, -0.2) is 32.0 Å². The van der Waals surface area contributed by atoms with Crippen LogP contribution >= 0.6 is 0 Å². The van der Waals surface area contributed by atoms with Crippen molar-refractivity contribution in [3.8, 4) is 5.75 Å². The first-order chi connectivity index (χ1) is 9.39. The number of nitrogens with one attached hydrogen (secondary N) is 1. The summed E-state index contributed by atoms with van der Waals surface area (Å²) in [5.74, 6) is 0.868. The summed E-state index contributed by atoms with van der Waals surface area (Å²) in [6.07, 6.45) is -0.158. The molecule has 2 unspecified atom stereocenters. The lowest BCUT2D eigenvalue weighted by atomic mass is 9.88. The molecule has 1 N–H and O–H groups in total. The van der Waals surface area contributed by atoms with Crippen LogP contribution in [0.15, 0.2) is 18.2 Å². The summed E-state index contributed by atoms with van der Waals surface area (Å²) in [5, 5.41) is 3.15. The van der Waals surface area contributed by atoms with Gasteiger partial charge in [0, 0.05) is 25.4 Å². The first-order valence-corrected chi connectivity index (χ1v) is 7.08. The van der Waals surface area contributed by atoms with E-state index in [-0.39, 0.29) is 18.3 Å². The van der Waals surface area contributed by atoms with Gasteiger partial charge in [-0.05, 0) is 45.9 Å². The SMILES string of the molecule is CNc1ccc2c(c1)C(OC(C)C)C(OC)C(C)(C)O2. The Bertz CT molecular complexity index is 471. The van der Waals surface area contributed by atoms with E-state index < -0.39 is 5.60 Å². The molecular weight excluding hydrogens is 254 g/mol. The first-order valence-electron chi connectivity index (χ1n) is 7.08. The van der Waals surface area contributed by atoms with Gasteiger partial charge in [-0.15, -0.1) is 0 Å². The molecule has 0 aliphatic carbocycles. The Morgan fingerprint density at radius 3 is 2.55 bits per heavy atom. The number of hydrogen-bond acceptors (Lipinski definition) is 4. The van der Waals surface area contributed by atoms with Gasteiger partial charge in [-0.3, -0.25) is 0 Å². The van der Waals surface area contributed by atoms with E-state index in [0.29, 0.717) is 0 Å². The summed E-state index contributed by atoms with van der Waals surface area (Å²) < 4.78 is 17.9. The van der Waals surface area contributed by atoms with E-state index in [1.54, 1.807) is 7.11 Å². The maximum Gasteiger partial charge on any atom is 0.132 e. The van der Waals surface area contributed by atoms with Crippen molar-refractivity contribution in [2.75, 3.05) is 19.5 Å². The Morgan fingerprint density at radius 1 is 1.30 bits per heavy atom. The molecule has 0 saturated carbocycles. The standard InChI is InChI=1S/C16H25NO3/c1-10(2)19-14-12-9-11(17-5)7-8-13(12)20-16(3,4)15(14)18-6/h7-10,14-15,17H,1-6H3. The highest BCUT2D eigenvalue weighted by molar-refractivity contribution is 5.53. The van der Waals surface area contributed by atoms with Crippen molar-refractivity contribution >= 4 is 5.69 Å². The summed E-state index contributed by atoms with van der Waals surface area (Å²) in [6.45, 7) is 8.15. The minimum atomic E-state index is -0.428. The minimum Gasteiger partial charge on any atom is -0.485 e. The fourth-order valence-corrected chi connectivity index (χ4v) is 2.73. The van der Waals surface area contributed by atoms with Gasteiger partial charge in [0.15, 0.2) is 0 Å². The second-order valence-corrected chi connectivity index (χ2v) is 5.97. The van der Waals surface area contributed by atoms with Gasteiger partial charge < -0.3 is 19.5 Å². The second-order valence-electron chi connectivity index (χ2n) is 5.97. The van der Waals surface area contributed by atoms with Gasteiger partial charge >= 0.3 is 0 Å². The van der Waals surface area contributed by atoms with Gasteiger partial charge in [-0.1, -0.05) is 0 Å². The number of methoxy groups -OCH3 is 1. The molecule has 0 saturated heterocycles. The molecule has 1 aromatic carbocycles. The fraction of sp³-hybridized carbons (Fsp3) is 0.625. The quantitative estimate of drug-likeness (QED) is 0.917. The third-order valence-corrected chi connectivity index (χ3v) is 3.61. The van der Waals surface area contributed by atoms with Gasteiger partial charge in [-0.25, -0.2) is 0 Å². The monoisotopic (exact) mass is 279 g/mol. The van der Waals surface area contributed by atoms with Gasteiger partial charge in [-0.2, -0.15) is 0 Å². The van der Waals surface area contributed by atoms with Crippen LogP contribution < -0.4 is 10.1 Å². The van der Waals surface area contributed by atoms with E-state index >= 15 is 0 Å². The minimum absolute atomic E-state index is 0.123. The van der Waals surface area contributed by atoms with Crippen LogP contribution in [0.2, 0.25) is 0 Å². The lowest BCUT2D eigenvalue weighted by Crippen LogP contribution is -2.50. The second kappa shape index (κ2) is 5.62. The van der Waals surface area contributed by atoms with Gasteiger partial charge in [0.05, 0.1) is 6.10 Å². The normalized spacial score (nSPS) is 24.1. The molecule has 0 bridgehead atoms. The third-order valence-electron chi connectivity index (χ3n) is 3.61. The lowest BCUT2D eigenvalue weighted by molar-refractivity contribution is -0.161. The van der Waals surface area contributed by atoms with Crippen LogP contribution in [0.1, 0.15) is 39.4 Å². The van der Waals surface area contributed by atoms with E-state index in [0.717, 1.165) is 17.0 Å². The molecule has 1 aliphatic rings. The Kier molecular flexibility index (Phi) is 4.25. The zero-order chi connectivity index (χ0) is 14.9. The van der Waals surface area contributed by atoms with Gasteiger partial charge in [0.2, 0.25) is 0 Å². The summed E-state index contributed by atoms with van der Waals surface area (Å²) >= 11 is 0. The Balaban J connectivity index is 2.48. The lowest BCUT2D eigenvalue weighted by Gasteiger charge is -2.44. The molecule has 1 heterocycles. The molecule has 1 aromatic rings. The van der Waals surface area contributed by atoms with Crippen LogP contribution in [0.3, 0.4) is 0 Å². The highest BCUT2D eigenvalue weighted by Crippen LogP contribution is 2.44. The number of anilines is 1. The van der Waals surface area contributed by atoms with Crippen molar-refractivity contribution in [3.63, 3.8) is 0 Å². The van der Waals surface area contributed by atoms with E-state index in [1.807, 2.05) is 46.9 Å². The summed E-state index contributed by atoms with van der Waals surface area (Å²) in [6, 6.07) is 6.07. The topological polar surface area (TPSA) is 39.7 Å². The zero-order valence-corrected chi connectivity index (χ0v) is 13.2. The molecule has 0 amide bonds. The molecule has 0 spiro atoms. The highest BCUT2D eigenvalue weighted by atomic mass is 16.6. The highest BCUT2D eigenvalue weighted by Gasteiger charge is 2.45. The molecule has 1 aliphatic heterocycles. The molecule has 0 fully saturated rings. The number of benzene rings is 1. The van der Waals surface area contributed by atoms with Crippen molar-refractivity contribution in [3.05, 3.63) is 23.8 Å². The average Bonchev–Trinajstić information content (AvgIpc) is 2.37. The van der Waals surface area contributed by atoms with Crippen molar-refractivity contribution in [1.82, 2.24) is 0 Å². The smallest absolute Gasteiger partial charge is 0.132 e. The van der Waals surface area contributed by atoms with Crippen molar-refractivity contribution in [2.24, 2.45) is 0 Å². The largest absolute Gasteiger partial charge is 0.485 e. The third kappa shape index (κ3) is 2.76. The molecule has 0 aromatic heterocycles. The molecule has 20 heavy (non-hydrogen) atoms. The molecule has 2 rings (SSSR count). The molecule has 112 valence electrons. The Hall–Kier alpha value is -1.26. The van der Waals surface area contributed by atoms with Crippen LogP contribution in [0.5, 0.6) is 5.75 Å². The van der Waals surface area contributed by atoms with Crippen molar-refractivity contribution in [1.29, 1.82) is 0 Å². The van der Waals surface area contributed by atoms with Crippen molar-refractivity contribution in [2.45, 2.75) is 51.6 Å². The summed E-state index contributed by atoms with van der Waals surface area (Å²) in [4.78, 5) is 0. The molecule has 4 nitrogen and oxygen atoms in total. The Morgan fingerprint density at radius 2 is 2.00 bits per heavy atom. The first kappa shape index (κ1) is 15.1. The maximum atomic E-state index is 6.12. The van der Waals surface area contributed by atoms with Gasteiger partial charge in [0.25, 0.3) is 0 Å². The molecule has 4 heteroatoms. The van der Waals surface area contributed by atoms with Crippen LogP contribution in [0, 0.1) is 0 Å². The number of ether oxygens (including phenoxy) is 3. The molecular formula is C16H25NO3.